The molecule has 0 aliphatic rings. The third-order valence-electron chi connectivity index (χ3n) is 4.25. The van der Waals surface area contributed by atoms with Crippen molar-refractivity contribution in [1.29, 1.82) is 0 Å². The summed E-state index contributed by atoms with van der Waals surface area (Å²) in [5, 5.41) is 16.2. The van der Waals surface area contributed by atoms with Crippen molar-refractivity contribution < 1.29 is 4.79 Å². The standard InChI is InChI=1S/C21H19Cl3N4OS/c1-13-6-3-4-7-17(13)28-27-15-9-10-16(14(2)12-15)25-20(21(22,23)24)26-19(29)18-8-5-11-30-18/h3-12,20,25H,1-2H3,(H,26,29)/t20-/m0/s1. The van der Waals surface area contributed by atoms with Crippen LogP contribution in [0.1, 0.15) is 20.8 Å². The summed E-state index contributed by atoms with van der Waals surface area (Å²) in [6.07, 6.45) is -0.935. The highest BCUT2D eigenvalue weighted by atomic mass is 35.6. The van der Waals surface area contributed by atoms with E-state index in [2.05, 4.69) is 20.9 Å². The monoisotopic (exact) mass is 480 g/mol. The number of alkyl halides is 3. The van der Waals surface area contributed by atoms with Crippen LogP contribution in [0.4, 0.5) is 17.1 Å². The van der Waals surface area contributed by atoms with E-state index in [1.54, 1.807) is 23.6 Å². The molecule has 0 saturated heterocycles. The molecule has 156 valence electrons. The van der Waals surface area contributed by atoms with Crippen molar-refractivity contribution in [2.24, 2.45) is 10.2 Å². The SMILES string of the molecule is Cc1ccccc1N=Nc1ccc(N[C@@H](NC(=O)c2cccs2)C(Cl)(Cl)Cl)c(C)c1. The minimum Gasteiger partial charge on any atom is -0.362 e. The second-order valence-corrected chi connectivity index (χ2v) is 9.87. The minimum absolute atomic E-state index is 0.324. The van der Waals surface area contributed by atoms with Crippen molar-refractivity contribution in [3.8, 4) is 0 Å². The fourth-order valence-corrected chi connectivity index (χ4v) is 3.58. The summed E-state index contributed by atoms with van der Waals surface area (Å²) in [7, 11) is 0. The Hall–Kier alpha value is -2.12. The third kappa shape index (κ3) is 5.95. The van der Waals surface area contributed by atoms with E-state index in [0.29, 0.717) is 16.3 Å². The number of rotatable bonds is 6. The van der Waals surface area contributed by atoms with Crippen LogP contribution in [-0.4, -0.2) is 15.9 Å². The highest BCUT2D eigenvalue weighted by Crippen LogP contribution is 2.33. The summed E-state index contributed by atoms with van der Waals surface area (Å²) in [4.78, 5) is 12.9. The molecule has 0 saturated carbocycles. The Morgan fingerprint density at radius 1 is 1.00 bits per heavy atom. The lowest BCUT2D eigenvalue weighted by Gasteiger charge is -2.28. The van der Waals surface area contributed by atoms with E-state index < -0.39 is 9.96 Å². The number of thiophene rings is 1. The van der Waals surface area contributed by atoms with E-state index in [9.17, 15) is 4.79 Å². The van der Waals surface area contributed by atoms with Crippen LogP contribution in [0, 0.1) is 13.8 Å². The van der Waals surface area contributed by atoms with Gasteiger partial charge in [-0.05, 0) is 60.7 Å². The molecule has 3 aromatic rings. The predicted octanol–water partition coefficient (Wildman–Crippen LogP) is 7.32. The second-order valence-electron chi connectivity index (χ2n) is 6.56. The lowest BCUT2D eigenvalue weighted by Crippen LogP contribution is -2.49. The molecule has 1 heterocycles. The Balaban J connectivity index is 1.75. The number of halogens is 3. The normalized spacial score (nSPS) is 12.7. The molecule has 0 radical (unpaired) electrons. The van der Waals surface area contributed by atoms with Crippen molar-refractivity contribution in [2.45, 2.75) is 23.8 Å². The highest BCUT2D eigenvalue weighted by Gasteiger charge is 2.34. The fourth-order valence-electron chi connectivity index (χ4n) is 2.62. The van der Waals surface area contributed by atoms with Crippen molar-refractivity contribution in [2.75, 3.05) is 5.32 Å². The molecule has 3 rings (SSSR count). The van der Waals surface area contributed by atoms with Gasteiger partial charge in [0.25, 0.3) is 5.91 Å². The van der Waals surface area contributed by atoms with Gasteiger partial charge in [-0.1, -0.05) is 59.1 Å². The molecule has 1 atom stereocenters. The van der Waals surface area contributed by atoms with E-state index >= 15 is 0 Å². The molecule has 5 nitrogen and oxygen atoms in total. The maximum atomic E-state index is 12.4. The van der Waals surface area contributed by atoms with Crippen molar-refractivity contribution in [3.05, 3.63) is 76.0 Å². The van der Waals surface area contributed by atoms with Crippen LogP contribution in [-0.2, 0) is 0 Å². The maximum absolute atomic E-state index is 12.4. The van der Waals surface area contributed by atoms with Gasteiger partial charge in [0.2, 0.25) is 3.79 Å². The number of aryl methyl sites for hydroxylation is 2. The lowest BCUT2D eigenvalue weighted by molar-refractivity contribution is 0.0946. The summed E-state index contributed by atoms with van der Waals surface area (Å²) in [5.74, 6) is -0.324. The maximum Gasteiger partial charge on any atom is 0.263 e. The molecule has 1 amide bonds. The van der Waals surface area contributed by atoms with Gasteiger partial charge in [-0.25, -0.2) is 0 Å². The van der Waals surface area contributed by atoms with Crippen LogP contribution in [0.15, 0.2) is 70.2 Å². The molecular weight excluding hydrogens is 463 g/mol. The van der Waals surface area contributed by atoms with E-state index in [-0.39, 0.29) is 5.91 Å². The fraction of sp³-hybridized carbons (Fsp3) is 0.190. The van der Waals surface area contributed by atoms with Gasteiger partial charge >= 0.3 is 0 Å². The third-order valence-corrected chi connectivity index (χ3v) is 5.77. The number of nitrogens with one attached hydrogen (secondary N) is 2. The van der Waals surface area contributed by atoms with Gasteiger partial charge in [0.05, 0.1) is 16.3 Å². The first-order valence-electron chi connectivity index (χ1n) is 8.99. The largest absolute Gasteiger partial charge is 0.362 e. The number of benzene rings is 2. The molecule has 0 aliphatic heterocycles. The molecule has 0 spiro atoms. The molecule has 0 bridgehead atoms. The number of amides is 1. The van der Waals surface area contributed by atoms with Gasteiger partial charge < -0.3 is 10.6 Å². The number of hydrogen-bond acceptors (Lipinski definition) is 5. The van der Waals surface area contributed by atoms with Gasteiger partial charge in [-0.3, -0.25) is 4.79 Å². The Kier molecular flexibility index (Phi) is 7.36. The van der Waals surface area contributed by atoms with E-state index in [0.717, 1.165) is 16.8 Å². The highest BCUT2D eigenvalue weighted by molar-refractivity contribution is 7.12. The first-order chi connectivity index (χ1) is 14.2. The summed E-state index contributed by atoms with van der Waals surface area (Å²) >= 11 is 19.6. The number of azo groups is 1. The number of carbonyl (C=O) groups excluding carboxylic acids is 1. The van der Waals surface area contributed by atoms with Crippen LogP contribution < -0.4 is 10.6 Å². The van der Waals surface area contributed by atoms with E-state index in [1.165, 1.54) is 11.3 Å². The van der Waals surface area contributed by atoms with Crippen LogP contribution >= 0.6 is 46.1 Å². The predicted molar refractivity (Wildman–Crippen MR) is 126 cm³/mol. The number of nitrogens with zero attached hydrogens (tertiary/aromatic N) is 2. The van der Waals surface area contributed by atoms with Gasteiger partial charge in [0.1, 0.15) is 6.17 Å². The quantitative estimate of drug-likeness (QED) is 0.220. The molecule has 2 N–H and O–H groups in total. The first kappa shape index (κ1) is 22.6. The number of carbonyl (C=O) groups is 1. The molecule has 0 aliphatic carbocycles. The molecule has 1 aromatic heterocycles. The van der Waals surface area contributed by atoms with Crippen molar-refractivity contribution >= 4 is 69.1 Å². The second kappa shape index (κ2) is 9.79. The van der Waals surface area contributed by atoms with Crippen molar-refractivity contribution in [3.63, 3.8) is 0 Å². The van der Waals surface area contributed by atoms with Crippen LogP contribution in [0.2, 0.25) is 0 Å². The minimum atomic E-state index is -1.76. The Morgan fingerprint density at radius 2 is 1.77 bits per heavy atom. The van der Waals surface area contributed by atoms with Gasteiger partial charge in [0, 0.05) is 5.69 Å². The first-order valence-corrected chi connectivity index (χ1v) is 11.0. The zero-order valence-electron chi connectivity index (χ0n) is 16.2. The number of anilines is 1. The van der Waals surface area contributed by atoms with E-state index in [1.807, 2.05) is 50.2 Å². The topological polar surface area (TPSA) is 65.8 Å². The Bertz CT molecular complexity index is 1050. The average Bonchev–Trinajstić information content (AvgIpc) is 3.22. The van der Waals surface area contributed by atoms with Crippen molar-refractivity contribution in [1.82, 2.24) is 5.32 Å². The molecule has 2 aromatic carbocycles. The van der Waals surface area contributed by atoms with Gasteiger partial charge in [0.15, 0.2) is 0 Å². The van der Waals surface area contributed by atoms with Gasteiger partial charge in [-0.15, -0.1) is 11.3 Å². The zero-order chi connectivity index (χ0) is 21.7. The smallest absolute Gasteiger partial charge is 0.263 e. The van der Waals surface area contributed by atoms with Crippen LogP contribution in [0.5, 0.6) is 0 Å². The summed E-state index contributed by atoms with van der Waals surface area (Å²) < 4.78 is -1.76. The molecule has 30 heavy (non-hydrogen) atoms. The molecule has 0 fully saturated rings. The average molecular weight is 482 g/mol. The van der Waals surface area contributed by atoms with Gasteiger partial charge in [-0.2, -0.15) is 10.2 Å². The summed E-state index contributed by atoms with van der Waals surface area (Å²) in [6.45, 7) is 3.87. The zero-order valence-corrected chi connectivity index (χ0v) is 19.3. The summed E-state index contributed by atoms with van der Waals surface area (Å²) in [6, 6.07) is 16.7. The number of hydrogen-bond donors (Lipinski definition) is 2. The Labute approximate surface area is 194 Å². The van der Waals surface area contributed by atoms with Crippen LogP contribution in [0.3, 0.4) is 0 Å². The van der Waals surface area contributed by atoms with E-state index in [4.69, 9.17) is 34.8 Å². The molecular formula is C21H19Cl3N4OS. The lowest BCUT2D eigenvalue weighted by atomic mass is 10.1. The van der Waals surface area contributed by atoms with Crippen LogP contribution in [0.25, 0.3) is 0 Å². The molecule has 9 heteroatoms. The Morgan fingerprint density at radius 3 is 2.40 bits per heavy atom. The summed E-state index contributed by atoms with van der Waals surface area (Å²) in [5.41, 5.74) is 4.11. The molecule has 0 unspecified atom stereocenters.